The van der Waals surface area contributed by atoms with Gasteiger partial charge in [-0.3, -0.25) is 0 Å². The Balaban J connectivity index is 1.03. The van der Waals surface area contributed by atoms with Crippen molar-refractivity contribution in [3.63, 3.8) is 0 Å². The zero-order chi connectivity index (χ0) is 36.1. The maximum Gasteiger partial charge on any atom is 0.180 e. The summed E-state index contributed by atoms with van der Waals surface area (Å²) in [6, 6.07) is 49.5. The molecule has 12 rings (SSSR count). The number of nitrogens with zero attached hydrogens (tertiary/aromatic N) is 2. The third-order valence-corrected chi connectivity index (χ3v) is 13.9. The highest BCUT2D eigenvalue weighted by atomic mass is 16.3. The molecule has 2 spiro atoms. The first-order valence-corrected chi connectivity index (χ1v) is 20.5. The summed E-state index contributed by atoms with van der Waals surface area (Å²) in [6.07, 6.45) is 12.8. The van der Waals surface area contributed by atoms with E-state index in [1.807, 2.05) is 36.4 Å². The molecule has 266 valence electrons. The van der Waals surface area contributed by atoms with Crippen molar-refractivity contribution < 1.29 is 4.42 Å². The Labute approximate surface area is 322 Å². The molecule has 2 aromatic heterocycles. The monoisotopic (exact) mass is 710 g/mol. The van der Waals surface area contributed by atoms with Crippen LogP contribution in [0.5, 0.6) is 0 Å². The van der Waals surface area contributed by atoms with Crippen molar-refractivity contribution in [2.75, 3.05) is 0 Å². The van der Waals surface area contributed by atoms with Crippen molar-refractivity contribution in [2.45, 2.75) is 75.0 Å². The molecule has 0 unspecified atom stereocenters. The summed E-state index contributed by atoms with van der Waals surface area (Å²) in [7, 11) is 0. The van der Waals surface area contributed by atoms with Crippen LogP contribution in [0.3, 0.4) is 0 Å². The standard InChI is InChI=1S/C52H42N2O/c1-4-15-35(16-5-1)50-53-47(49-48(54-50)38-18-7-9-22-45(38)55-49)34-25-23-33(24-26-34)36-19-14-21-42-46(36)40-32-43-39(31-44(40)52(42)29-12-3-13-30-52)37-17-6-8-20-41(37)51(43)27-10-2-11-28-51/h1,4-9,14-26,31-32H,2-3,10-13,27-30H2. The molecule has 2 fully saturated rings. The lowest BCUT2D eigenvalue weighted by Gasteiger charge is -2.37. The van der Waals surface area contributed by atoms with E-state index < -0.39 is 0 Å². The maximum atomic E-state index is 6.49. The molecule has 4 aliphatic rings. The highest BCUT2D eigenvalue weighted by Crippen LogP contribution is 2.63. The lowest BCUT2D eigenvalue weighted by Crippen LogP contribution is -2.29. The summed E-state index contributed by atoms with van der Waals surface area (Å²) in [4.78, 5) is 10.2. The van der Waals surface area contributed by atoms with Crippen LogP contribution < -0.4 is 0 Å². The first kappa shape index (κ1) is 31.5. The van der Waals surface area contributed by atoms with Gasteiger partial charge in [0.1, 0.15) is 16.8 Å². The number of benzene rings is 6. The van der Waals surface area contributed by atoms with E-state index in [9.17, 15) is 0 Å². The van der Waals surface area contributed by atoms with Gasteiger partial charge in [-0.1, -0.05) is 148 Å². The number of para-hydroxylation sites is 1. The van der Waals surface area contributed by atoms with Gasteiger partial charge in [0.25, 0.3) is 0 Å². The van der Waals surface area contributed by atoms with Gasteiger partial charge in [-0.15, -0.1) is 0 Å². The molecular weight excluding hydrogens is 669 g/mol. The average Bonchev–Trinajstić information content (AvgIpc) is 3.85. The third-order valence-electron chi connectivity index (χ3n) is 13.9. The van der Waals surface area contributed by atoms with Crippen LogP contribution in [0.4, 0.5) is 0 Å². The SMILES string of the molecule is c1ccc(-c2nc(-c3ccc(-c4cccc5c4-c4cc6c(cc4C54CCCCC4)-c4ccccc4C64CCCCC4)cc3)c3oc4ccccc4c3n2)cc1. The molecule has 55 heavy (non-hydrogen) atoms. The number of hydrogen-bond donors (Lipinski definition) is 0. The predicted octanol–water partition coefficient (Wildman–Crippen LogP) is 13.8. The maximum absolute atomic E-state index is 6.49. The number of rotatable bonds is 3. The van der Waals surface area contributed by atoms with Gasteiger partial charge < -0.3 is 4.42 Å². The van der Waals surface area contributed by atoms with E-state index >= 15 is 0 Å². The lowest BCUT2D eigenvalue weighted by molar-refractivity contribution is 0.350. The van der Waals surface area contributed by atoms with Crippen LogP contribution in [0, 0.1) is 0 Å². The van der Waals surface area contributed by atoms with Crippen molar-refractivity contribution in [2.24, 2.45) is 0 Å². The Hall–Kier alpha value is -5.80. The normalized spacial score (nSPS) is 17.4. The number of hydrogen-bond acceptors (Lipinski definition) is 3. The van der Waals surface area contributed by atoms with Gasteiger partial charge in [0, 0.05) is 27.3 Å². The Morgan fingerprint density at radius 2 is 1.05 bits per heavy atom. The minimum Gasteiger partial charge on any atom is -0.452 e. The fraction of sp³-hybridized carbons (Fsp3) is 0.231. The molecule has 0 atom stereocenters. The van der Waals surface area contributed by atoms with Crippen LogP contribution in [0.1, 0.15) is 86.5 Å². The second kappa shape index (κ2) is 11.8. The van der Waals surface area contributed by atoms with Crippen LogP contribution in [0.25, 0.3) is 78.1 Å². The number of furan rings is 1. The number of aromatic nitrogens is 2. The minimum absolute atomic E-state index is 0.0762. The summed E-state index contributed by atoms with van der Waals surface area (Å²) in [5.41, 5.74) is 20.3. The van der Waals surface area contributed by atoms with E-state index in [0.717, 1.165) is 38.9 Å². The zero-order valence-electron chi connectivity index (χ0n) is 31.1. The summed E-state index contributed by atoms with van der Waals surface area (Å²) in [5, 5.41) is 1.01. The summed E-state index contributed by atoms with van der Waals surface area (Å²) >= 11 is 0. The molecule has 3 heteroatoms. The molecule has 6 aromatic carbocycles. The van der Waals surface area contributed by atoms with Crippen molar-refractivity contribution in [3.8, 4) is 56.0 Å². The van der Waals surface area contributed by atoms with Gasteiger partial charge in [-0.05, 0) is 106 Å². The number of fused-ring (bicyclic) bond motifs is 13. The van der Waals surface area contributed by atoms with Crippen molar-refractivity contribution in [1.29, 1.82) is 0 Å². The van der Waals surface area contributed by atoms with Crippen molar-refractivity contribution in [1.82, 2.24) is 9.97 Å². The third kappa shape index (κ3) is 4.44. The van der Waals surface area contributed by atoms with Crippen molar-refractivity contribution >= 4 is 22.1 Å². The van der Waals surface area contributed by atoms with Gasteiger partial charge in [-0.2, -0.15) is 0 Å². The molecular formula is C52H42N2O. The Kier molecular flexibility index (Phi) is 6.79. The van der Waals surface area contributed by atoms with E-state index in [2.05, 4.69) is 97.1 Å². The van der Waals surface area contributed by atoms with Gasteiger partial charge in [0.15, 0.2) is 11.4 Å². The Morgan fingerprint density at radius 3 is 1.85 bits per heavy atom. The summed E-state index contributed by atoms with van der Waals surface area (Å²) in [5.74, 6) is 0.708. The quantitative estimate of drug-likeness (QED) is 0.183. The molecule has 0 saturated heterocycles. The molecule has 8 aromatic rings. The molecule has 0 N–H and O–H groups in total. The van der Waals surface area contributed by atoms with E-state index in [-0.39, 0.29) is 10.8 Å². The fourth-order valence-corrected chi connectivity index (χ4v) is 11.4. The zero-order valence-corrected chi connectivity index (χ0v) is 31.1. The van der Waals surface area contributed by atoms with E-state index in [4.69, 9.17) is 14.4 Å². The molecule has 0 bridgehead atoms. The Morgan fingerprint density at radius 1 is 0.436 bits per heavy atom. The molecule has 0 radical (unpaired) electrons. The fourth-order valence-electron chi connectivity index (χ4n) is 11.4. The summed E-state index contributed by atoms with van der Waals surface area (Å²) < 4.78 is 6.49. The van der Waals surface area contributed by atoms with Crippen LogP contribution in [-0.4, -0.2) is 9.97 Å². The average molecular weight is 711 g/mol. The molecule has 0 amide bonds. The van der Waals surface area contributed by atoms with Gasteiger partial charge in [0.2, 0.25) is 0 Å². The largest absolute Gasteiger partial charge is 0.452 e. The molecule has 4 aliphatic carbocycles. The second-order valence-electron chi connectivity index (χ2n) is 16.6. The highest BCUT2D eigenvalue weighted by molar-refractivity contribution is 6.07. The second-order valence-corrected chi connectivity index (χ2v) is 16.6. The highest BCUT2D eigenvalue weighted by Gasteiger charge is 2.49. The molecule has 0 aliphatic heterocycles. The predicted molar refractivity (Wildman–Crippen MR) is 224 cm³/mol. The first-order valence-electron chi connectivity index (χ1n) is 20.5. The van der Waals surface area contributed by atoms with Crippen LogP contribution in [-0.2, 0) is 10.8 Å². The van der Waals surface area contributed by atoms with E-state index in [1.54, 1.807) is 22.3 Å². The van der Waals surface area contributed by atoms with Gasteiger partial charge >= 0.3 is 0 Å². The molecule has 2 heterocycles. The smallest absolute Gasteiger partial charge is 0.180 e. The van der Waals surface area contributed by atoms with Gasteiger partial charge in [-0.25, -0.2) is 9.97 Å². The minimum atomic E-state index is 0.0762. The topological polar surface area (TPSA) is 38.9 Å². The van der Waals surface area contributed by atoms with Crippen LogP contribution in [0.2, 0.25) is 0 Å². The van der Waals surface area contributed by atoms with Crippen LogP contribution >= 0.6 is 0 Å². The molecule has 3 nitrogen and oxygen atoms in total. The van der Waals surface area contributed by atoms with E-state index in [0.29, 0.717) is 5.82 Å². The van der Waals surface area contributed by atoms with Crippen LogP contribution in [0.15, 0.2) is 138 Å². The lowest BCUT2D eigenvalue weighted by atomic mass is 9.66. The molecule has 2 saturated carbocycles. The van der Waals surface area contributed by atoms with Gasteiger partial charge in [0.05, 0.1) is 0 Å². The summed E-state index contributed by atoms with van der Waals surface area (Å²) in [6.45, 7) is 0. The Bertz CT molecular complexity index is 2820. The van der Waals surface area contributed by atoms with E-state index in [1.165, 1.54) is 97.6 Å². The first-order chi connectivity index (χ1) is 27.2. The van der Waals surface area contributed by atoms with Crippen molar-refractivity contribution in [3.05, 3.63) is 156 Å².